The fourth-order valence-electron chi connectivity index (χ4n) is 2.12. The van der Waals surface area contributed by atoms with Gasteiger partial charge in [0.15, 0.2) is 5.78 Å². The zero-order valence-electron chi connectivity index (χ0n) is 10.3. The number of carbonyl (C=O) groups is 1. The van der Waals surface area contributed by atoms with Crippen molar-refractivity contribution >= 4 is 27.2 Å². The highest BCUT2D eigenvalue weighted by atomic mass is 32.1. The standard InChI is InChI=1S/C16H11FOS/c1-10-5-6-12(14(17)9-10)15(18)13-4-2-3-11-7-8-19-16(11)13/h2-9H,1H3. The number of ketones is 1. The van der Waals surface area contributed by atoms with E-state index in [-0.39, 0.29) is 11.3 Å². The van der Waals surface area contributed by atoms with Gasteiger partial charge in [0.1, 0.15) is 5.82 Å². The van der Waals surface area contributed by atoms with E-state index in [1.165, 1.54) is 17.4 Å². The highest BCUT2D eigenvalue weighted by Gasteiger charge is 2.16. The summed E-state index contributed by atoms with van der Waals surface area (Å²) < 4.78 is 14.8. The molecule has 0 atom stereocenters. The molecule has 0 aliphatic carbocycles. The monoisotopic (exact) mass is 270 g/mol. The molecule has 0 fully saturated rings. The van der Waals surface area contributed by atoms with Crippen molar-refractivity contribution in [1.29, 1.82) is 0 Å². The molecule has 0 radical (unpaired) electrons. The minimum atomic E-state index is -0.460. The molecule has 2 aromatic carbocycles. The first-order valence-electron chi connectivity index (χ1n) is 5.94. The molecule has 0 unspecified atom stereocenters. The van der Waals surface area contributed by atoms with Crippen LogP contribution in [0, 0.1) is 12.7 Å². The fourth-order valence-corrected chi connectivity index (χ4v) is 3.03. The van der Waals surface area contributed by atoms with Crippen molar-refractivity contribution < 1.29 is 9.18 Å². The van der Waals surface area contributed by atoms with Gasteiger partial charge in [0.2, 0.25) is 0 Å². The molecule has 0 spiro atoms. The predicted molar refractivity (Wildman–Crippen MR) is 76.4 cm³/mol. The third-order valence-electron chi connectivity index (χ3n) is 3.09. The first-order chi connectivity index (χ1) is 9.16. The predicted octanol–water partition coefficient (Wildman–Crippen LogP) is 4.58. The molecule has 0 amide bonds. The van der Waals surface area contributed by atoms with E-state index in [1.807, 2.05) is 23.6 Å². The van der Waals surface area contributed by atoms with Crippen LogP contribution in [0.1, 0.15) is 21.5 Å². The molecule has 0 aliphatic rings. The number of carbonyl (C=O) groups excluding carboxylic acids is 1. The molecule has 3 aromatic rings. The summed E-state index contributed by atoms with van der Waals surface area (Å²) in [6.45, 7) is 1.80. The first-order valence-corrected chi connectivity index (χ1v) is 6.82. The highest BCUT2D eigenvalue weighted by molar-refractivity contribution is 7.17. The van der Waals surface area contributed by atoms with Crippen LogP contribution < -0.4 is 0 Å². The van der Waals surface area contributed by atoms with Crippen molar-refractivity contribution in [2.75, 3.05) is 0 Å². The number of rotatable bonds is 2. The van der Waals surface area contributed by atoms with Crippen LogP contribution in [0.4, 0.5) is 4.39 Å². The molecule has 3 rings (SSSR count). The molecular weight excluding hydrogens is 259 g/mol. The van der Waals surface area contributed by atoms with Crippen molar-refractivity contribution in [3.05, 3.63) is 70.4 Å². The number of halogens is 1. The van der Waals surface area contributed by atoms with Gasteiger partial charge in [0, 0.05) is 10.3 Å². The average molecular weight is 270 g/mol. The minimum absolute atomic E-state index is 0.131. The number of aryl methyl sites for hydroxylation is 1. The lowest BCUT2D eigenvalue weighted by Gasteiger charge is -2.05. The maximum atomic E-state index is 13.9. The van der Waals surface area contributed by atoms with Crippen LogP contribution in [-0.4, -0.2) is 5.78 Å². The van der Waals surface area contributed by atoms with Crippen LogP contribution >= 0.6 is 11.3 Å². The summed E-state index contributed by atoms with van der Waals surface area (Å²) in [4.78, 5) is 12.5. The van der Waals surface area contributed by atoms with Gasteiger partial charge in [0.05, 0.1) is 5.56 Å². The molecule has 0 saturated carbocycles. The Morgan fingerprint density at radius 3 is 2.74 bits per heavy atom. The molecule has 0 aliphatic heterocycles. The van der Waals surface area contributed by atoms with E-state index in [4.69, 9.17) is 0 Å². The largest absolute Gasteiger partial charge is 0.288 e. The molecule has 0 saturated heterocycles. The molecule has 0 bridgehead atoms. The number of thiophene rings is 1. The van der Waals surface area contributed by atoms with Crippen molar-refractivity contribution in [3.63, 3.8) is 0 Å². The van der Waals surface area contributed by atoms with Gasteiger partial charge in [-0.15, -0.1) is 11.3 Å². The molecule has 1 heterocycles. The molecular formula is C16H11FOS. The van der Waals surface area contributed by atoms with Crippen LogP contribution in [-0.2, 0) is 0 Å². The Morgan fingerprint density at radius 1 is 1.11 bits per heavy atom. The summed E-state index contributed by atoms with van der Waals surface area (Å²) in [5.41, 5.74) is 1.50. The van der Waals surface area contributed by atoms with E-state index in [9.17, 15) is 9.18 Å². The van der Waals surface area contributed by atoms with Gasteiger partial charge in [-0.25, -0.2) is 4.39 Å². The van der Waals surface area contributed by atoms with Gasteiger partial charge >= 0.3 is 0 Å². The summed E-state index contributed by atoms with van der Waals surface area (Å²) in [5, 5.41) is 2.95. The molecule has 0 N–H and O–H groups in total. The van der Waals surface area contributed by atoms with Crippen molar-refractivity contribution in [3.8, 4) is 0 Å². The number of hydrogen-bond donors (Lipinski definition) is 0. The molecule has 1 nitrogen and oxygen atoms in total. The summed E-state index contributed by atoms with van der Waals surface area (Å²) in [7, 11) is 0. The summed E-state index contributed by atoms with van der Waals surface area (Å²) >= 11 is 1.50. The Hall–Kier alpha value is -2.00. The van der Waals surface area contributed by atoms with E-state index in [2.05, 4.69) is 0 Å². The molecule has 1 aromatic heterocycles. The zero-order chi connectivity index (χ0) is 13.4. The molecule has 94 valence electrons. The van der Waals surface area contributed by atoms with E-state index < -0.39 is 5.82 Å². The van der Waals surface area contributed by atoms with Crippen LogP contribution in [0.15, 0.2) is 47.8 Å². The Bertz CT molecular complexity index is 773. The van der Waals surface area contributed by atoms with Crippen LogP contribution in [0.2, 0.25) is 0 Å². The number of fused-ring (bicyclic) bond motifs is 1. The van der Waals surface area contributed by atoms with E-state index >= 15 is 0 Å². The van der Waals surface area contributed by atoms with Crippen LogP contribution in [0.25, 0.3) is 10.1 Å². The van der Waals surface area contributed by atoms with E-state index in [0.717, 1.165) is 15.6 Å². The molecule has 3 heteroatoms. The Labute approximate surface area is 114 Å². The van der Waals surface area contributed by atoms with Crippen LogP contribution in [0.5, 0.6) is 0 Å². The van der Waals surface area contributed by atoms with Crippen LogP contribution in [0.3, 0.4) is 0 Å². The minimum Gasteiger partial charge on any atom is -0.288 e. The summed E-state index contributed by atoms with van der Waals surface area (Å²) in [6.07, 6.45) is 0. The van der Waals surface area contributed by atoms with Crippen molar-refractivity contribution in [2.24, 2.45) is 0 Å². The van der Waals surface area contributed by atoms with Gasteiger partial charge in [-0.2, -0.15) is 0 Å². The summed E-state index contributed by atoms with van der Waals surface area (Å²) in [6, 6.07) is 12.2. The maximum absolute atomic E-state index is 13.9. The van der Waals surface area contributed by atoms with Crippen molar-refractivity contribution in [2.45, 2.75) is 6.92 Å². The number of hydrogen-bond acceptors (Lipinski definition) is 2. The lowest BCUT2D eigenvalue weighted by Crippen LogP contribution is -2.04. The molecule has 19 heavy (non-hydrogen) atoms. The van der Waals surface area contributed by atoms with Gasteiger partial charge < -0.3 is 0 Å². The SMILES string of the molecule is Cc1ccc(C(=O)c2cccc3ccsc23)c(F)c1. The number of benzene rings is 2. The summed E-state index contributed by atoms with van der Waals surface area (Å²) in [5.74, 6) is -0.718. The third kappa shape index (κ3) is 2.06. The van der Waals surface area contributed by atoms with E-state index in [1.54, 1.807) is 25.1 Å². The maximum Gasteiger partial charge on any atom is 0.197 e. The topological polar surface area (TPSA) is 17.1 Å². The average Bonchev–Trinajstić information content (AvgIpc) is 2.86. The van der Waals surface area contributed by atoms with E-state index in [0.29, 0.717) is 5.56 Å². The second-order valence-corrected chi connectivity index (χ2v) is 5.37. The first kappa shape index (κ1) is 12.1. The highest BCUT2D eigenvalue weighted by Crippen LogP contribution is 2.27. The van der Waals surface area contributed by atoms with Gasteiger partial charge in [-0.3, -0.25) is 4.79 Å². The van der Waals surface area contributed by atoms with Crippen molar-refractivity contribution in [1.82, 2.24) is 0 Å². The quantitative estimate of drug-likeness (QED) is 0.623. The lowest BCUT2D eigenvalue weighted by molar-refractivity contribution is 0.103. The van der Waals surface area contributed by atoms with Gasteiger partial charge in [0.25, 0.3) is 0 Å². The Kier molecular flexibility index (Phi) is 2.91. The Morgan fingerprint density at radius 2 is 1.95 bits per heavy atom. The normalized spacial score (nSPS) is 10.8. The second-order valence-electron chi connectivity index (χ2n) is 4.46. The fraction of sp³-hybridized carbons (Fsp3) is 0.0625. The smallest absolute Gasteiger partial charge is 0.197 e. The lowest BCUT2D eigenvalue weighted by atomic mass is 10.0. The third-order valence-corrected chi connectivity index (χ3v) is 4.06. The second kappa shape index (κ2) is 4.59. The zero-order valence-corrected chi connectivity index (χ0v) is 11.1. The van der Waals surface area contributed by atoms with Gasteiger partial charge in [-0.05, 0) is 47.5 Å². The Balaban J connectivity index is 2.16. The van der Waals surface area contributed by atoms with Gasteiger partial charge in [-0.1, -0.05) is 18.2 Å².